The molecule has 1 aromatic rings. The molecular formula is C21H32N2O3. The summed E-state index contributed by atoms with van der Waals surface area (Å²) in [5, 5.41) is 2.85. The molecule has 1 amide bonds. The van der Waals surface area contributed by atoms with Gasteiger partial charge in [0.25, 0.3) is 0 Å². The standard InChI is InChI=1S/C21H32N2O3/c1-2-3-6-16-25-18-12-10-17(11-13-18)22-21(24)26-20-9-7-8-19(20)23-14-4-5-15-23/h10-13,19-20H,2-9,14-16H2,1H3,(H,22,24)/t19-,20-/m0/s1. The molecule has 1 aliphatic carbocycles. The van der Waals surface area contributed by atoms with Crippen molar-refractivity contribution in [2.75, 3.05) is 25.0 Å². The van der Waals surface area contributed by atoms with Gasteiger partial charge < -0.3 is 9.47 Å². The molecule has 2 aliphatic rings. The lowest BCUT2D eigenvalue weighted by Crippen LogP contribution is -2.41. The van der Waals surface area contributed by atoms with Crippen LogP contribution in [0.15, 0.2) is 24.3 Å². The van der Waals surface area contributed by atoms with Crippen LogP contribution in [0.5, 0.6) is 5.75 Å². The molecule has 1 saturated heterocycles. The molecule has 144 valence electrons. The van der Waals surface area contributed by atoms with Gasteiger partial charge in [-0.15, -0.1) is 0 Å². The largest absolute Gasteiger partial charge is 0.494 e. The summed E-state index contributed by atoms with van der Waals surface area (Å²) in [7, 11) is 0. The van der Waals surface area contributed by atoms with Crippen LogP contribution in [-0.4, -0.2) is 42.8 Å². The van der Waals surface area contributed by atoms with Gasteiger partial charge in [-0.2, -0.15) is 0 Å². The average Bonchev–Trinajstić information content (AvgIpc) is 3.31. The summed E-state index contributed by atoms with van der Waals surface area (Å²) in [4.78, 5) is 14.8. The van der Waals surface area contributed by atoms with Gasteiger partial charge in [-0.1, -0.05) is 19.8 Å². The van der Waals surface area contributed by atoms with Crippen LogP contribution >= 0.6 is 0 Å². The number of nitrogens with zero attached hydrogens (tertiary/aromatic N) is 1. The number of likely N-dealkylation sites (tertiary alicyclic amines) is 1. The highest BCUT2D eigenvalue weighted by molar-refractivity contribution is 5.84. The molecule has 0 spiro atoms. The molecule has 2 atom stereocenters. The quantitative estimate of drug-likeness (QED) is 0.675. The summed E-state index contributed by atoms with van der Waals surface area (Å²) < 4.78 is 11.4. The minimum Gasteiger partial charge on any atom is -0.494 e. The minimum absolute atomic E-state index is 0.0225. The van der Waals surface area contributed by atoms with E-state index in [-0.39, 0.29) is 12.2 Å². The third-order valence-corrected chi connectivity index (χ3v) is 5.40. The van der Waals surface area contributed by atoms with Crippen LogP contribution < -0.4 is 10.1 Å². The normalized spacial score (nSPS) is 23.1. The number of benzene rings is 1. The summed E-state index contributed by atoms with van der Waals surface area (Å²) in [5.74, 6) is 0.838. The Morgan fingerprint density at radius 3 is 2.62 bits per heavy atom. The van der Waals surface area contributed by atoms with Crippen molar-refractivity contribution in [1.29, 1.82) is 0 Å². The zero-order valence-electron chi connectivity index (χ0n) is 15.9. The van der Waals surface area contributed by atoms with Crippen molar-refractivity contribution in [3.63, 3.8) is 0 Å². The Balaban J connectivity index is 1.44. The molecule has 5 nitrogen and oxygen atoms in total. The number of rotatable bonds is 8. The second-order valence-corrected chi connectivity index (χ2v) is 7.39. The second kappa shape index (κ2) is 9.81. The Kier molecular flexibility index (Phi) is 7.18. The Hall–Kier alpha value is -1.75. The Morgan fingerprint density at radius 1 is 1.12 bits per heavy atom. The van der Waals surface area contributed by atoms with E-state index in [4.69, 9.17) is 9.47 Å². The van der Waals surface area contributed by atoms with Crippen molar-refractivity contribution < 1.29 is 14.3 Å². The summed E-state index contributed by atoms with van der Waals surface area (Å²) in [6, 6.07) is 7.92. The number of anilines is 1. The van der Waals surface area contributed by atoms with Gasteiger partial charge in [-0.25, -0.2) is 4.79 Å². The molecule has 1 aliphatic heterocycles. The molecule has 5 heteroatoms. The first-order valence-electron chi connectivity index (χ1n) is 10.2. The van der Waals surface area contributed by atoms with E-state index in [0.29, 0.717) is 6.04 Å². The smallest absolute Gasteiger partial charge is 0.411 e. The Morgan fingerprint density at radius 2 is 1.88 bits per heavy atom. The number of carbonyl (C=O) groups excluding carboxylic acids is 1. The van der Waals surface area contributed by atoms with Crippen LogP contribution in [0.4, 0.5) is 10.5 Å². The highest BCUT2D eigenvalue weighted by Crippen LogP contribution is 2.29. The zero-order valence-corrected chi connectivity index (χ0v) is 15.9. The van der Waals surface area contributed by atoms with Crippen molar-refractivity contribution >= 4 is 11.8 Å². The Bertz CT molecular complexity index is 555. The van der Waals surface area contributed by atoms with Crippen LogP contribution in [0.1, 0.15) is 58.3 Å². The van der Waals surface area contributed by atoms with E-state index in [0.717, 1.165) is 56.8 Å². The maximum absolute atomic E-state index is 12.3. The monoisotopic (exact) mass is 360 g/mol. The van der Waals surface area contributed by atoms with Crippen molar-refractivity contribution in [2.45, 2.75) is 70.4 Å². The van der Waals surface area contributed by atoms with E-state index in [1.807, 2.05) is 24.3 Å². The van der Waals surface area contributed by atoms with Crippen LogP contribution in [-0.2, 0) is 4.74 Å². The molecule has 0 radical (unpaired) electrons. The summed E-state index contributed by atoms with van der Waals surface area (Å²) in [6.45, 7) is 5.21. The molecule has 1 saturated carbocycles. The van der Waals surface area contributed by atoms with Gasteiger partial charge >= 0.3 is 6.09 Å². The number of hydrogen-bond donors (Lipinski definition) is 1. The molecule has 0 bridgehead atoms. The number of amides is 1. The highest BCUT2D eigenvalue weighted by atomic mass is 16.6. The molecule has 1 heterocycles. The number of unbranched alkanes of at least 4 members (excludes halogenated alkanes) is 2. The molecule has 2 fully saturated rings. The van der Waals surface area contributed by atoms with Gasteiger partial charge in [-0.3, -0.25) is 10.2 Å². The molecule has 26 heavy (non-hydrogen) atoms. The minimum atomic E-state index is -0.349. The molecule has 1 N–H and O–H groups in total. The lowest BCUT2D eigenvalue weighted by molar-refractivity contribution is 0.0603. The van der Waals surface area contributed by atoms with Crippen molar-refractivity contribution in [3.05, 3.63) is 24.3 Å². The van der Waals surface area contributed by atoms with Gasteiger partial charge in [-0.05, 0) is 75.9 Å². The topological polar surface area (TPSA) is 50.8 Å². The number of carbonyl (C=O) groups is 1. The molecule has 1 aromatic carbocycles. The summed E-state index contributed by atoms with van der Waals surface area (Å²) in [5.41, 5.74) is 0.742. The molecule has 3 rings (SSSR count). The van der Waals surface area contributed by atoms with E-state index in [2.05, 4.69) is 17.1 Å². The van der Waals surface area contributed by atoms with Gasteiger partial charge in [0.15, 0.2) is 0 Å². The average molecular weight is 360 g/mol. The fourth-order valence-corrected chi connectivity index (χ4v) is 4.00. The Labute approximate surface area is 157 Å². The molecule has 0 aromatic heterocycles. The SMILES string of the molecule is CCCCCOc1ccc(NC(=O)O[C@H]2CCC[C@@H]2N2CCCC2)cc1. The molecule has 0 unspecified atom stereocenters. The summed E-state index contributed by atoms with van der Waals surface area (Å²) >= 11 is 0. The third kappa shape index (κ3) is 5.37. The fourth-order valence-electron chi connectivity index (χ4n) is 4.00. The van der Waals surface area contributed by atoms with E-state index >= 15 is 0 Å². The van der Waals surface area contributed by atoms with Crippen LogP contribution in [0, 0.1) is 0 Å². The first-order valence-corrected chi connectivity index (χ1v) is 10.2. The van der Waals surface area contributed by atoms with Gasteiger partial charge in [0, 0.05) is 11.7 Å². The maximum Gasteiger partial charge on any atom is 0.411 e. The maximum atomic E-state index is 12.3. The van der Waals surface area contributed by atoms with Crippen molar-refractivity contribution in [1.82, 2.24) is 4.90 Å². The number of hydrogen-bond acceptors (Lipinski definition) is 4. The number of ether oxygens (including phenoxy) is 2. The zero-order chi connectivity index (χ0) is 18.2. The van der Waals surface area contributed by atoms with E-state index < -0.39 is 0 Å². The second-order valence-electron chi connectivity index (χ2n) is 7.39. The van der Waals surface area contributed by atoms with Crippen LogP contribution in [0.25, 0.3) is 0 Å². The highest BCUT2D eigenvalue weighted by Gasteiger charge is 2.35. The predicted molar refractivity (Wildman–Crippen MR) is 104 cm³/mol. The first-order chi connectivity index (χ1) is 12.8. The van der Waals surface area contributed by atoms with Gasteiger partial charge in [0.2, 0.25) is 0 Å². The van der Waals surface area contributed by atoms with Crippen LogP contribution in [0.3, 0.4) is 0 Å². The third-order valence-electron chi connectivity index (χ3n) is 5.40. The van der Waals surface area contributed by atoms with E-state index in [1.54, 1.807) is 0 Å². The van der Waals surface area contributed by atoms with E-state index in [1.165, 1.54) is 25.7 Å². The summed E-state index contributed by atoms with van der Waals surface area (Å²) in [6.07, 6.45) is 8.91. The van der Waals surface area contributed by atoms with Crippen molar-refractivity contribution in [3.8, 4) is 5.75 Å². The van der Waals surface area contributed by atoms with Crippen LogP contribution in [0.2, 0.25) is 0 Å². The van der Waals surface area contributed by atoms with Crippen molar-refractivity contribution in [2.24, 2.45) is 0 Å². The van der Waals surface area contributed by atoms with Gasteiger partial charge in [0.05, 0.1) is 6.61 Å². The molecular weight excluding hydrogens is 328 g/mol. The fraction of sp³-hybridized carbons (Fsp3) is 0.667. The van der Waals surface area contributed by atoms with Gasteiger partial charge in [0.1, 0.15) is 11.9 Å². The predicted octanol–water partition coefficient (Wildman–Crippen LogP) is 4.82. The lowest BCUT2D eigenvalue weighted by atomic mass is 10.2. The first kappa shape index (κ1) is 19.0. The van der Waals surface area contributed by atoms with E-state index in [9.17, 15) is 4.79 Å². The number of nitrogens with one attached hydrogen (secondary N) is 1. The lowest BCUT2D eigenvalue weighted by Gasteiger charge is -2.28.